The van der Waals surface area contributed by atoms with Crippen LogP contribution in [0.5, 0.6) is 11.8 Å². The van der Waals surface area contributed by atoms with E-state index < -0.39 is 5.97 Å². The molecule has 3 aromatic heterocycles. The zero-order valence-corrected chi connectivity index (χ0v) is 17.2. The maximum Gasteiger partial charge on any atom is 0.354 e. The number of aromatic amines is 1. The molecule has 0 spiro atoms. The summed E-state index contributed by atoms with van der Waals surface area (Å²) in [6.45, 7) is 1.70. The van der Waals surface area contributed by atoms with E-state index in [2.05, 4.69) is 31.2 Å². The van der Waals surface area contributed by atoms with Gasteiger partial charge >= 0.3 is 12.0 Å². The van der Waals surface area contributed by atoms with Crippen molar-refractivity contribution in [3.63, 3.8) is 0 Å². The van der Waals surface area contributed by atoms with Gasteiger partial charge in [-0.2, -0.15) is 9.97 Å². The molecule has 32 heavy (non-hydrogen) atoms. The highest BCUT2D eigenvalue weighted by molar-refractivity contribution is 6.14. The number of pyridine rings is 1. The van der Waals surface area contributed by atoms with Crippen LogP contribution in [0.2, 0.25) is 0 Å². The van der Waals surface area contributed by atoms with E-state index >= 15 is 0 Å². The van der Waals surface area contributed by atoms with Crippen LogP contribution in [0.25, 0.3) is 21.9 Å². The van der Waals surface area contributed by atoms with Crippen LogP contribution in [-0.4, -0.2) is 57.2 Å². The van der Waals surface area contributed by atoms with E-state index in [1.807, 2.05) is 19.2 Å². The molecule has 5 N–H and O–H groups in total. The summed E-state index contributed by atoms with van der Waals surface area (Å²) in [6, 6.07) is 9.42. The lowest BCUT2D eigenvalue weighted by Gasteiger charge is -2.21. The van der Waals surface area contributed by atoms with E-state index in [0.29, 0.717) is 23.2 Å². The maximum atomic E-state index is 11.0. The highest BCUT2D eigenvalue weighted by Crippen LogP contribution is 2.47. The highest BCUT2D eigenvalue weighted by Gasteiger charge is 2.54. The number of ether oxygens (including phenoxy) is 1. The average molecular weight is 431 g/mol. The van der Waals surface area contributed by atoms with Crippen molar-refractivity contribution < 1.29 is 14.6 Å². The molecular formula is C22H21N7O3. The van der Waals surface area contributed by atoms with Crippen LogP contribution in [0.15, 0.2) is 36.5 Å². The third-order valence-electron chi connectivity index (χ3n) is 6.44. The number of hydrogen-bond donors (Lipinski definition) is 4. The van der Waals surface area contributed by atoms with Gasteiger partial charge in [0.15, 0.2) is 0 Å². The van der Waals surface area contributed by atoms with Crippen molar-refractivity contribution in [3.8, 4) is 11.8 Å². The second-order valence-electron chi connectivity index (χ2n) is 8.25. The van der Waals surface area contributed by atoms with Crippen molar-refractivity contribution in [1.29, 1.82) is 0 Å². The Hall–Kier alpha value is -3.92. The number of benzene rings is 1. The Morgan fingerprint density at radius 1 is 1.25 bits per heavy atom. The standard InChI is InChI=1S/C22H21N7O3/c1-24-14-4-2-3-11-16-19(26-18(11)14)27-22(32-10-5-6-15(21(30)31)25-7-10)28-20(16)29-8-12-13(9-29)17(12)23/h2-7,12-13,17,24H,8-9,23H2,1H3,(H,30,31)(H,26,27,28). The zero-order valence-electron chi connectivity index (χ0n) is 17.2. The van der Waals surface area contributed by atoms with Crippen LogP contribution >= 0.6 is 0 Å². The van der Waals surface area contributed by atoms with Gasteiger partial charge in [-0.1, -0.05) is 12.1 Å². The summed E-state index contributed by atoms with van der Waals surface area (Å²) in [4.78, 5) is 30.0. The molecule has 1 aliphatic carbocycles. The molecule has 1 aromatic carbocycles. The Labute approximate surface area is 182 Å². The molecular weight excluding hydrogens is 410 g/mol. The summed E-state index contributed by atoms with van der Waals surface area (Å²) >= 11 is 0. The number of H-pyrrole nitrogens is 1. The Bertz CT molecular complexity index is 1360. The third kappa shape index (κ3) is 2.83. The predicted octanol–water partition coefficient (Wildman–Crippen LogP) is 2.43. The summed E-state index contributed by atoms with van der Waals surface area (Å²) < 4.78 is 5.87. The van der Waals surface area contributed by atoms with Crippen molar-refractivity contribution in [3.05, 3.63) is 42.2 Å². The number of para-hydroxylation sites is 1. The van der Waals surface area contributed by atoms with E-state index in [1.165, 1.54) is 18.3 Å². The van der Waals surface area contributed by atoms with E-state index in [1.54, 1.807) is 0 Å². The molecule has 1 saturated heterocycles. The fourth-order valence-electron chi connectivity index (χ4n) is 4.68. The number of nitrogens with one attached hydrogen (secondary N) is 2. The van der Waals surface area contributed by atoms with E-state index in [9.17, 15) is 4.79 Å². The summed E-state index contributed by atoms with van der Waals surface area (Å²) in [5.41, 5.74) is 8.68. The van der Waals surface area contributed by atoms with Crippen molar-refractivity contribution in [1.82, 2.24) is 19.9 Å². The summed E-state index contributed by atoms with van der Waals surface area (Å²) in [7, 11) is 1.88. The van der Waals surface area contributed by atoms with Gasteiger partial charge < -0.3 is 30.8 Å². The first-order valence-corrected chi connectivity index (χ1v) is 10.4. The molecule has 2 atom stereocenters. The summed E-state index contributed by atoms with van der Waals surface area (Å²) in [6.07, 6.45) is 1.35. The van der Waals surface area contributed by atoms with Gasteiger partial charge in [0.05, 0.1) is 22.8 Å². The maximum absolute atomic E-state index is 11.0. The van der Waals surface area contributed by atoms with Crippen LogP contribution in [-0.2, 0) is 0 Å². The number of hydrogen-bond acceptors (Lipinski definition) is 8. The van der Waals surface area contributed by atoms with Gasteiger partial charge in [-0.15, -0.1) is 0 Å². The van der Waals surface area contributed by atoms with Crippen LogP contribution < -0.4 is 20.7 Å². The largest absolute Gasteiger partial charge is 0.477 e. The number of rotatable bonds is 5. The van der Waals surface area contributed by atoms with Gasteiger partial charge in [-0.05, 0) is 30.0 Å². The second kappa shape index (κ2) is 6.79. The van der Waals surface area contributed by atoms with E-state index in [-0.39, 0.29) is 17.7 Å². The smallest absolute Gasteiger partial charge is 0.354 e. The van der Waals surface area contributed by atoms with Gasteiger partial charge in [0.25, 0.3) is 0 Å². The van der Waals surface area contributed by atoms with Crippen molar-refractivity contribution in [2.24, 2.45) is 17.6 Å². The lowest BCUT2D eigenvalue weighted by molar-refractivity contribution is 0.0690. The monoisotopic (exact) mass is 431 g/mol. The lowest BCUT2D eigenvalue weighted by atomic mass is 10.1. The minimum absolute atomic E-state index is 0.0581. The number of piperidine rings is 1. The molecule has 4 aromatic rings. The molecule has 10 heteroatoms. The molecule has 4 heterocycles. The Kier molecular flexibility index (Phi) is 3.99. The highest BCUT2D eigenvalue weighted by atomic mass is 16.5. The molecule has 10 nitrogen and oxygen atoms in total. The Morgan fingerprint density at radius 2 is 2.06 bits per heavy atom. The minimum atomic E-state index is -1.10. The van der Waals surface area contributed by atoms with Gasteiger partial charge in [-0.3, -0.25) is 0 Å². The number of carbonyl (C=O) groups is 1. The van der Waals surface area contributed by atoms with Gasteiger partial charge in [0.2, 0.25) is 0 Å². The molecule has 2 aliphatic rings. The molecule has 162 valence electrons. The number of anilines is 2. The lowest BCUT2D eigenvalue weighted by Crippen LogP contribution is -2.29. The van der Waals surface area contributed by atoms with E-state index in [4.69, 9.17) is 20.6 Å². The fourth-order valence-corrected chi connectivity index (χ4v) is 4.68. The van der Waals surface area contributed by atoms with Crippen molar-refractivity contribution >= 4 is 39.4 Å². The molecule has 1 saturated carbocycles. The van der Waals surface area contributed by atoms with Crippen LogP contribution in [0, 0.1) is 11.8 Å². The summed E-state index contributed by atoms with van der Waals surface area (Å²) in [5, 5.41) is 14.2. The number of carboxylic acid groups (broad SMARTS) is 1. The van der Waals surface area contributed by atoms with Gasteiger partial charge in [-0.25, -0.2) is 9.78 Å². The van der Waals surface area contributed by atoms with Crippen LogP contribution in [0.1, 0.15) is 10.5 Å². The van der Waals surface area contributed by atoms with Gasteiger partial charge in [0.1, 0.15) is 22.9 Å². The molecule has 2 unspecified atom stereocenters. The number of carboxylic acids is 1. The minimum Gasteiger partial charge on any atom is -0.477 e. The summed E-state index contributed by atoms with van der Waals surface area (Å²) in [5.74, 6) is 1.06. The molecule has 0 amide bonds. The number of aromatic nitrogens is 4. The second-order valence-corrected chi connectivity index (χ2v) is 8.25. The Morgan fingerprint density at radius 3 is 2.75 bits per heavy atom. The number of nitrogens with zero attached hydrogens (tertiary/aromatic N) is 4. The first-order valence-electron chi connectivity index (χ1n) is 10.4. The molecule has 0 radical (unpaired) electrons. The van der Waals surface area contributed by atoms with Gasteiger partial charge in [0, 0.05) is 31.6 Å². The Balaban J connectivity index is 1.46. The normalized spacial score (nSPS) is 21.7. The third-order valence-corrected chi connectivity index (χ3v) is 6.44. The number of nitrogens with two attached hydrogens (primary N) is 1. The number of aromatic carboxylic acids is 1. The SMILES string of the molecule is CNc1cccc2c1[nH]c1nc(Oc3ccc(C(=O)O)nc3)nc(N3CC4C(N)C4C3)c12. The average Bonchev–Trinajstić information content (AvgIpc) is 3.14. The van der Waals surface area contributed by atoms with Crippen molar-refractivity contribution in [2.75, 3.05) is 30.4 Å². The molecule has 2 fully saturated rings. The van der Waals surface area contributed by atoms with Crippen molar-refractivity contribution in [2.45, 2.75) is 6.04 Å². The topological polar surface area (TPSA) is 142 Å². The molecule has 1 aliphatic heterocycles. The van der Waals surface area contributed by atoms with E-state index in [0.717, 1.165) is 40.9 Å². The predicted molar refractivity (Wildman–Crippen MR) is 119 cm³/mol. The van der Waals surface area contributed by atoms with Crippen LogP contribution in [0.3, 0.4) is 0 Å². The first kappa shape index (κ1) is 18.8. The quantitative estimate of drug-likeness (QED) is 0.375. The first-order chi connectivity index (χ1) is 15.5. The van der Waals surface area contributed by atoms with Crippen LogP contribution in [0.4, 0.5) is 11.5 Å². The number of fused-ring (bicyclic) bond motifs is 4. The molecule has 0 bridgehead atoms. The fraction of sp³-hybridized carbons (Fsp3) is 0.273. The zero-order chi connectivity index (χ0) is 22.0. The molecule has 6 rings (SSSR count).